The van der Waals surface area contributed by atoms with Gasteiger partial charge in [0.15, 0.2) is 11.5 Å². The number of nitrogens with zero attached hydrogens (tertiary/aromatic N) is 2. The number of phenols is 1. The lowest BCUT2D eigenvalue weighted by molar-refractivity contribution is -0.117. The maximum Gasteiger partial charge on any atom is 0.227 e. The van der Waals surface area contributed by atoms with Crippen LogP contribution in [0.25, 0.3) is 0 Å². The van der Waals surface area contributed by atoms with Crippen molar-refractivity contribution in [2.45, 2.75) is 70.7 Å². The van der Waals surface area contributed by atoms with E-state index < -0.39 is 0 Å². The molecule has 2 aliphatic rings. The summed E-state index contributed by atoms with van der Waals surface area (Å²) in [6.07, 6.45) is 3.54. The summed E-state index contributed by atoms with van der Waals surface area (Å²) in [5.74, 6) is 0.970. The van der Waals surface area contributed by atoms with E-state index in [4.69, 9.17) is 4.74 Å². The van der Waals surface area contributed by atoms with Crippen molar-refractivity contribution in [3.05, 3.63) is 54.1 Å². The number of likely N-dealkylation sites (tertiary alicyclic amines) is 1. The van der Waals surface area contributed by atoms with E-state index in [1.807, 2.05) is 44.2 Å². The molecule has 2 atom stereocenters. The Balaban J connectivity index is 1.49. The van der Waals surface area contributed by atoms with E-state index in [0.717, 1.165) is 43.6 Å². The summed E-state index contributed by atoms with van der Waals surface area (Å²) in [4.78, 5) is 17.3. The molecule has 2 fully saturated rings. The number of hydrogen-bond acceptors (Lipinski definition) is 4. The van der Waals surface area contributed by atoms with E-state index >= 15 is 0 Å². The number of rotatable bonds is 5. The van der Waals surface area contributed by atoms with Gasteiger partial charge in [-0.15, -0.1) is 0 Å². The molecule has 0 radical (unpaired) electrons. The zero-order chi connectivity index (χ0) is 21.3. The maximum absolute atomic E-state index is 12.8. The average Bonchev–Trinajstić information content (AvgIpc) is 3.02. The monoisotopic (exact) mass is 408 g/mol. The Labute approximate surface area is 179 Å². The Morgan fingerprint density at radius 2 is 1.93 bits per heavy atom. The molecule has 4 rings (SSSR count). The summed E-state index contributed by atoms with van der Waals surface area (Å²) in [5.41, 5.74) is 2.08. The normalized spacial score (nSPS) is 24.7. The van der Waals surface area contributed by atoms with E-state index in [-0.39, 0.29) is 23.3 Å². The van der Waals surface area contributed by atoms with Crippen molar-refractivity contribution in [2.75, 3.05) is 11.4 Å². The number of carbonyl (C=O) groups excluding carboxylic acids is 1. The molecular formula is C25H32N2O3. The van der Waals surface area contributed by atoms with Gasteiger partial charge in [0, 0.05) is 31.2 Å². The third-order valence-corrected chi connectivity index (χ3v) is 6.48. The van der Waals surface area contributed by atoms with Gasteiger partial charge in [0.05, 0.1) is 11.6 Å². The number of amides is 1. The molecule has 2 aromatic carbocycles. The number of anilines is 1. The fourth-order valence-corrected chi connectivity index (χ4v) is 5.08. The van der Waals surface area contributed by atoms with Crippen molar-refractivity contribution in [3.8, 4) is 11.5 Å². The predicted molar refractivity (Wildman–Crippen MR) is 119 cm³/mol. The molecule has 1 spiro atoms. The van der Waals surface area contributed by atoms with Crippen LogP contribution in [0.5, 0.6) is 11.5 Å². The van der Waals surface area contributed by atoms with Crippen LogP contribution in [0.4, 0.5) is 5.69 Å². The first-order chi connectivity index (χ1) is 14.4. The fraction of sp³-hybridized carbons (Fsp3) is 0.480. The van der Waals surface area contributed by atoms with Gasteiger partial charge in [0.2, 0.25) is 5.91 Å². The van der Waals surface area contributed by atoms with E-state index in [9.17, 15) is 9.90 Å². The summed E-state index contributed by atoms with van der Waals surface area (Å²) in [5, 5.41) is 10.1. The first kappa shape index (κ1) is 20.7. The summed E-state index contributed by atoms with van der Waals surface area (Å²) in [6.45, 7) is 7.93. The lowest BCUT2D eigenvalue weighted by atomic mass is 9.81. The van der Waals surface area contributed by atoms with Crippen LogP contribution in [0.1, 0.15) is 52.0 Å². The largest absolute Gasteiger partial charge is 0.504 e. The number of para-hydroxylation sites is 1. The molecule has 0 bridgehead atoms. The van der Waals surface area contributed by atoms with Crippen molar-refractivity contribution in [3.63, 3.8) is 0 Å². The number of ether oxygens (including phenoxy) is 1. The average molecular weight is 409 g/mol. The Morgan fingerprint density at radius 3 is 2.63 bits per heavy atom. The van der Waals surface area contributed by atoms with Gasteiger partial charge in [-0.2, -0.15) is 0 Å². The highest BCUT2D eigenvalue weighted by molar-refractivity contribution is 5.97. The molecule has 2 aliphatic heterocycles. The van der Waals surface area contributed by atoms with Crippen molar-refractivity contribution in [1.82, 2.24) is 4.90 Å². The highest BCUT2D eigenvalue weighted by Crippen LogP contribution is 2.44. The molecule has 0 saturated carbocycles. The minimum absolute atomic E-state index is 0.0174. The second-order valence-electron chi connectivity index (χ2n) is 9.03. The lowest BCUT2D eigenvalue weighted by Gasteiger charge is -2.48. The molecule has 0 aromatic heterocycles. The zero-order valence-electron chi connectivity index (χ0n) is 18.2. The maximum atomic E-state index is 12.8. The third-order valence-electron chi connectivity index (χ3n) is 6.48. The fourth-order valence-electron chi connectivity index (χ4n) is 5.08. The van der Waals surface area contributed by atoms with Crippen molar-refractivity contribution >= 4 is 11.6 Å². The Morgan fingerprint density at radius 1 is 1.17 bits per heavy atom. The van der Waals surface area contributed by atoms with Crippen molar-refractivity contribution < 1.29 is 14.6 Å². The summed E-state index contributed by atoms with van der Waals surface area (Å²) in [6, 6.07) is 16.1. The number of carbonyl (C=O) groups is 1. The number of aromatic hydroxyl groups is 1. The smallest absolute Gasteiger partial charge is 0.227 e. The molecule has 160 valence electrons. The molecule has 5 nitrogen and oxygen atoms in total. The Kier molecular flexibility index (Phi) is 5.74. The van der Waals surface area contributed by atoms with Crippen LogP contribution in [0.2, 0.25) is 0 Å². The quantitative estimate of drug-likeness (QED) is 0.777. The first-order valence-corrected chi connectivity index (χ1v) is 11.0. The molecule has 2 heterocycles. The number of piperidine rings is 1. The van der Waals surface area contributed by atoms with E-state index in [0.29, 0.717) is 18.2 Å². The van der Waals surface area contributed by atoms with Crippen LogP contribution in [-0.2, 0) is 11.3 Å². The van der Waals surface area contributed by atoms with Gasteiger partial charge < -0.3 is 14.7 Å². The highest BCUT2D eigenvalue weighted by Gasteiger charge is 2.49. The molecule has 0 unspecified atom stereocenters. The molecular weight excluding hydrogens is 376 g/mol. The van der Waals surface area contributed by atoms with Gasteiger partial charge in [-0.1, -0.05) is 24.3 Å². The van der Waals surface area contributed by atoms with Crippen LogP contribution in [-0.4, -0.2) is 40.1 Å². The third kappa shape index (κ3) is 4.04. The van der Waals surface area contributed by atoms with Crippen LogP contribution >= 0.6 is 0 Å². The second kappa shape index (κ2) is 8.31. The van der Waals surface area contributed by atoms with Crippen LogP contribution in [0.3, 0.4) is 0 Å². The highest BCUT2D eigenvalue weighted by atomic mass is 16.5. The molecule has 2 saturated heterocycles. The standard InChI is InChI=1S/C25H32N2O3/c1-18(2)30-23-15-20(9-10-22(23)28)17-26-14-13-25(16-19(26)3)12-11-24(29)27(25)21-7-5-4-6-8-21/h4-10,15,18-19,28H,11-14,16-17H2,1-3H3/t19-,25+/m0/s1. The van der Waals surface area contributed by atoms with Gasteiger partial charge in [-0.25, -0.2) is 0 Å². The topological polar surface area (TPSA) is 53.0 Å². The van der Waals surface area contributed by atoms with Gasteiger partial charge in [-0.05, 0) is 69.9 Å². The Bertz CT molecular complexity index is 899. The van der Waals surface area contributed by atoms with E-state index in [1.165, 1.54) is 0 Å². The summed E-state index contributed by atoms with van der Waals surface area (Å²) in [7, 11) is 0. The van der Waals surface area contributed by atoms with Crippen LogP contribution in [0.15, 0.2) is 48.5 Å². The summed E-state index contributed by atoms with van der Waals surface area (Å²) < 4.78 is 5.74. The lowest BCUT2D eigenvalue weighted by Crippen LogP contribution is -2.56. The van der Waals surface area contributed by atoms with Gasteiger partial charge in [0.25, 0.3) is 0 Å². The van der Waals surface area contributed by atoms with E-state index in [2.05, 4.69) is 28.9 Å². The molecule has 1 N–H and O–H groups in total. The Hall–Kier alpha value is -2.53. The van der Waals surface area contributed by atoms with Crippen molar-refractivity contribution in [2.24, 2.45) is 0 Å². The van der Waals surface area contributed by atoms with Gasteiger partial charge in [-0.3, -0.25) is 9.69 Å². The number of hydrogen-bond donors (Lipinski definition) is 1. The zero-order valence-corrected chi connectivity index (χ0v) is 18.2. The molecule has 2 aromatic rings. The van der Waals surface area contributed by atoms with Crippen molar-refractivity contribution in [1.29, 1.82) is 0 Å². The van der Waals surface area contributed by atoms with Gasteiger partial charge >= 0.3 is 0 Å². The molecule has 1 amide bonds. The van der Waals surface area contributed by atoms with Crippen LogP contribution in [0, 0.1) is 0 Å². The molecule has 30 heavy (non-hydrogen) atoms. The van der Waals surface area contributed by atoms with Gasteiger partial charge in [0.1, 0.15) is 0 Å². The first-order valence-electron chi connectivity index (χ1n) is 11.0. The molecule has 5 heteroatoms. The predicted octanol–water partition coefficient (Wildman–Crippen LogP) is 4.73. The second-order valence-corrected chi connectivity index (χ2v) is 9.03. The van der Waals surface area contributed by atoms with E-state index in [1.54, 1.807) is 6.07 Å². The van der Waals surface area contributed by atoms with Crippen LogP contribution < -0.4 is 9.64 Å². The minimum atomic E-state index is -0.0742. The number of phenolic OH excluding ortho intramolecular Hbond substituents is 1. The minimum Gasteiger partial charge on any atom is -0.504 e. The SMILES string of the molecule is CC(C)Oc1cc(CN2CC[C@]3(CCC(=O)N3c3ccccc3)C[C@@H]2C)ccc1O. The number of benzene rings is 2. The molecule has 0 aliphatic carbocycles. The summed E-state index contributed by atoms with van der Waals surface area (Å²) >= 11 is 0.